The summed E-state index contributed by atoms with van der Waals surface area (Å²) in [6, 6.07) is 7.40. The zero-order chi connectivity index (χ0) is 20.0. The first kappa shape index (κ1) is 18.2. The number of halogens is 1. The molecule has 2 aromatic heterocycles. The molecule has 0 bridgehead atoms. The largest absolute Gasteiger partial charge is 0.332 e. The second-order valence-electron chi connectivity index (χ2n) is 6.58. The number of aryl methyl sites for hydroxylation is 1. The van der Waals surface area contributed by atoms with Crippen LogP contribution >= 0.6 is 11.6 Å². The van der Waals surface area contributed by atoms with Gasteiger partial charge in [0.15, 0.2) is 11.2 Å². The lowest BCUT2D eigenvalue weighted by Crippen LogP contribution is -2.38. The Morgan fingerprint density at radius 3 is 2.54 bits per heavy atom. The van der Waals surface area contributed by atoms with Gasteiger partial charge in [-0.3, -0.25) is 18.5 Å². The number of hydrogen-bond donors (Lipinski definition) is 0. The van der Waals surface area contributed by atoms with Gasteiger partial charge in [-0.15, -0.1) is 0 Å². The summed E-state index contributed by atoms with van der Waals surface area (Å²) in [5.74, 6) is 0.532. The van der Waals surface area contributed by atoms with Crippen molar-refractivity contribution in [2.24, 2.45) is 19.2 Å². The number of anilines is 1. The van der Waals surface area contributed by atoms with Crippen molar-refractivity contribution in [2.75, 3.05) is 11.6 Å². The predicted octanol–water partition coefficient (Wildman–Crippen LogP) is 1.89. The Labute approximate surface area is 165 Å². The maximum absolute atomic E-state index is 12.8. The molecule has 0 saturated carbocycles. The Kier molecular flexibility index (Phi) is 4.43. The Balaban J connectivity index is 1.96. The van der Waals surface area contributed by atoms with E-state index in [0.29, 0.717) is 35.2 Å². The van der Waals surface area contributed by atoms with Crippen LogP contribution in [0.1, 0.15) is 12.5 Å². The number of rotatable bonds is 3. The molecule has 9 heteroatoms. The molecule has 0 amide bonds. The maximum atomic E-state index is 12.8. The maximum Gasteiger partial charge on any atom is 0.332 e. The lowest BCUT2D eigenvalue weighted by atomic mass is 10.1. The average molecular weight is 399 g/mol. The summed E-state index contributed by atoms with van der Waals surface area (Å²) in [5.41, 5.74) is 1.63. The summed E-state index contributed by atoms with van der Waals surface area (Å²) in [4.78, 5) is 29.7. The Morgan fingerprint density at radius 2 is 1.86 bits per heavy atom. The third-order valence-corrected chi connectivity index (χ3v) is 5.05. The molecule has 0 unspecified atom stereocenters. The monoisotopic (exact) mass is 398 g/mol. The quantitative estimate of drug-likeness (QED) is 0.631. The first-order chi connectivity index (χ1) is 13.4. The van der Waals surface area contributed by atoms with E-state index in [1.54, 1.807) is 24.2 Å². The second kappa shape index (κ2) is 6.79. The zero-order valence-corrected chi connectivity index (χ0v) is 16.5. The average Bonchev–Trinajstić information content (AvgIpc) is 3.09. The van der Waals surface area contributed by atoms with Gasteiger partial charge >= 0.3 is 5.69 Å². The molecule has 0 spiro atoms. The molecule has 28 heavy (non-hydrogen) atoms. The highest BCUT2D eigenvalue weighted by molar-refractivity contribution is 6.30. The van der Waals surface area contributed by atoms with Crippen LogP contribution in [0.15, 0.2) is 51.1 Å². The van der Waals surface area contributed by atoms with Crippen LogP contribution in [0.25, 0.3) is 11.2 Å². The highest BCUT2D eigenvalue weighted by Crippen LogP contribution is 2.25. The van der Waals surface area contributed by atoms with Gasteiger partial charge in [0.05, 0.1) is 18.8 Å². The molecule has 1 aliphatic heterocycles. The van der Waals surface area contributed by atoms with Crippen molar-refractivity contribution in [1.82, 2.24) is 18.7 Å². The molecule has 0 N–H and O–H groups in total. The van der Waals surface area contributed by atoms with E-state index < -0.39 is 5.69 Å². The topological polar surface area (TPSA) is 77.4 Å². The fourth-order valence-corrected chi connectivity index (χ4v) is 3.40. The molecule has 0 aliphatic carbocycles. The highest BCUT2D eigenvalue weighted by Gasteiger charge is 2.27. The van der Waals surface area contributed by atoms with Gasteiger partial charge in [-0.2, -0.15) is 10.1 Å². The van der Waals surface area contributed by atoms with E-state index >= 15 is 0 Å². The summed E-state index contributed by atoms with van der Waals surface area (Å²) in [6.07, 6.45) is 3.88. The van der Waals surface area contributed by atoms with Crippen molar-refractivity contribution in [3.63, 3.8) is 0 Å². The van der Waals surface area contributed by atoms with Crippen molar-refractivity contribution in [3.8, 4) is 0 Å². The number of benzene rings is 1. The first-order valence-electron chi connectivity index (χ1n) is 8.80. The second-order valence-corrected chi connectivity index (χ2v) is 7.02. The smallest absolute Gasteiger partial charge is 0.297 e. The van der Waals surface area contributed by atoms with Gasteiger partial charge in [0.25, 0.3) is 5.56 Å². The lowest BCUT2D eigenvalue weighted by molar-refractivity contribution is 0.702. The fourth-order valence-electron chi connectivity index (χ4n) is 3.27. The van der Waals surface area contributed by atoms with Crippen molar-refractivity contribution in [3.05, 3.63) is 67.8 Å². The van der Waals surface area contributed by atoms with E-state index in [0.717, 1.165) is 15.8 Å². The Hall–Kier alpha value is -3.13. The van der Waals surface area contributed by atoms with Gasteiger partial charge < -0.3 is 0 Å². The van der Waals surface area contributed by atoms with E-state index in [-0.39, 0.29) is 5.56 Å². The van der Waals surface area contributed by atoms with Crippen LogP contribution in [0.4, 0.5) is 5.95 Å². The van der Waals surface area contributed by atoms with E-state index in [1.165, 1.54) is 11.6 Å². The minimum absolute atomic E-state index is 0.348. The van der Waals surface area contributed by atoms with E-state index in [4.69, 9.17) is 16.7 Å². The molecule has 0 fully saturated rings. The van der Waals surface area contributed by atoms with Crippen LogP contribution in [-0.4, -0.2) is 30.9 Å². The van der Waals surface area contributed by atoms with Crippen LogP contribution in [0.5, 0.6) is 0 Å². The van der Waals surface area contributed by atoms with Gasteiger partial charge in [0.1, 0.15) is 0 Å². The Morgan fingerprint density at radius 1 is 1.14 bits per heavy atom. The molecule has 1 aliphatic rings. The predicted molar refractivity (Wildman–Crippen MR) is 110 cm³/mol. The Bertz CT molecular complexity index is 1250. The van der Waals surface area contributed by atoms with Crippen molar-refractivity contribution < 1.29 is 0 Å². The van der Waals surface area contributed by atoms with Crippen LogP contribution in [-0.2, 0) is 20.6 Å². The third-order valence-electron chi connectivity index (χ3n) is 4.80. The van der Waals surface area contributed by atoms with Gasteiger partial charge in [-0.1, -0.05) is 35.9 Å². The highest BCUT2D eigenvalue weighted by atomic mass is 35.5. The molecule has 8 nitrogen and oxygen atoms in total. The summed E-state index contributed by atoms with van der Waals surface area (Å²) >= 11 is 6.01. The standard InChI is InChI=1S/C19H19ClN6O2/c1-4-5-10-26-18-21-16-15(17(27)24(3)19(28)23(16)2)25(18)11-14(22-26)12-6-8-13(20)9-7-12/h4-9H,10-11H2,1-3H3/b5-4+. The number of nitrogens with zero attached hydrogens (tertiary/aromatic N) is 6. The first-order valence-corrected chi connectivity index (χ1v) is 9.18. The zero-order valence-electron chi connectivity index (χ0n) is 15.8. The number of imidazole rings is 1. The van der Waals surface area contributed by atoms with Crippen LogP contribution in [0.3, 0.4) is 0 Å². The van der Waals surface area contributed by atoms with Gasteiger partial charge in [0.2, 0.25) is 5.95 Å². The van der Waals surface area contributed by atoms with Crippen molar-refractivity contribution in [1.29, 1.82) is 0 Å². The SMILES string of the molecule is C/C=C/CN1N=C(c2ccc(Cl)cc2)Cn2c1nc1c2c(=O)n(C)c(=O)n1C. The summed E-state index contributed by atoms with van der Waals surface area (Å²) in [5, 5.41) is 7.11. The van der Waals surface area contributed by atoms with E-state index in [9.17, 15) is 9.59 Å². The molecule has 3 aromatic rings. The third kappa shape index (κ3) is 2.77. The number of hydrogen-bond acceptors (Lipinski definition) is 5. The van der Waals surface area contributed by atoms with E-state index in [2.05, 4.69) is 4.98 Å². The van der Waals surface area contributed by atoms with Crippen LogP contribution in [0.2, 0.25) is 5.02 Å². The van der Waals surface area contributed by atoms with Gasteiger partial charge in [-0.25, -0.2) is 9.80 Å². The van der Waals surface area contributed by atoms with Crippen molar-refractivity contribution in [2.45, 2.75) is 13.5 Å². The molecule has 0 saturated heterocycles. The normalized spacial score (nSPS) is 14.0. The van der Waals surface area contributed by atoms with E-state index in [1.807, 2.05) is 35.8 Å². The molecule has 0 atom stereocenters. The molecule has 144 valence electrons. The molecule has 0 radical (unpaired) electrons. The number of allylic oxidation sites excluding steroid dienone is 1. The lowest BCUT2D eigenvalue weighted by Gasteiger charge is -2.25. The molecule has 1 aromatic carbocycles. The van der Waals surface area contributed by atoms with Crippen molar-refractivity contribution >= 4 is 34.4 Å². The van der Waals surface area contributed by atoms with Gasteiger partial charge in [-0.05, 0) is 24.6 Å². The summed E-state index contributed by atoms with van der Waals surface area (Å²) < 4.78 is 4.30. The number of aromatic nitrogens is 4. The minimum Gasteiger partial charge on any atom is -0.297 e. The number of fused-ring (bicyclic) bond motifs is 3. The minimum atomic E-state index is -0.410. The van der Waals surface area contributed by atoms with Gasteiger partial charge in [0, 0.05) is 19.1 Å². The van der Waals surface area contributed by atoms with Crippen LogP contribution in [0, 0.1) is 0 Å². The summed E-state index contributed by atoms with van der Waals surface area (Å²) in [7, 11) is 3.08. The molecular formula is C19H19ClN6O2. The number of hydrazone groups is 1. The molecular weight excluding hydrogens is 380 g/mol. The van der Waals surface area contributed by atoms with Crippen LogP contribution < -0.4 is 16.3 Å². The fraction of sp³-hybridized carbons (Fsp3) is 0.263. The molecule has 3 heterocycles. The molecule has 4 rings (SSSR count). The summed E-state index contributed by atoms with van der Waals surface area (Å²) in [6.45, 7) is 2.79.